The van der Waals surface area contributed by atoms with Crippen molar-refractivity contribution in [1.29, 1.82) is 0 Å². The van der Waals surface area contributed by atoms with Gasteiger partial charge in [0.15, 0.2) is 0 Å². The molecule has 0 aliphatic heterocycles. The van der Waals surface area contributed by atoms with E-state index < -0.39 is 0 Å². The zero-order valence-electron chi connectivity index (χ0n) is 9.80. The summed E-state index contributed by atoms with van der Waals surface area (Å²) in [7, 11) is 0. The van der Waals surface area contributed by atoms with E-state index in [-0.39, 0.29) is 11.8 Å². The van der Waals surface area contributed by atoms with E-state index in [1.807, 2.05) is 31.2 Å². The number of nitrogens with two attached hydrogens (primary N) is 1. The molecule has 1 aromatic carbocycles. The van der Waals surface area contributed by atoms with Crippen molar-refractivity contribution in [2.75, 3.05) is 0 Å². The summed E-state index contributed by atoms with van der Waals surface area (Å²) in [5, 5.41) is 9.21. The fourth-order valence-corrected chi connectivity index (χ4v) is 1.87. The van der Waals surface area contributed by atoms with Gasteiger partial charge in [0.1, 0.15) is 5.75 Å². The molecule has 0 saturated heterocycles. The molecule has 88 valence electrons. The number of pyridine rings is 1. The lowest BCUT2D eigenvalue weighted by Gasteiger charge is -2.13. The van der Waals surface area contributed by atoms with E-state index in [1.165, 1.54) is 0 Å². The van der Waals surface area contributed by atoms with Gasteiger partial charge in [-0.2, -0.15) is 0 Å². The van der Waals surface area contributed by atoms with Crippen molar-refractivity contribution in [3.8, 4) is 5.75 Å². The first-order valence-electron chi connectivity index (χ1n) is 5.62. The summed E-state index contributed by atoms with van der Waals surface area (Å²) in [5.74, 6) is 0.274. The fraction of sp³-hybridized carbons (Fsp3) is 0.214. The summed E-state index contributed by atoms with van der Waals surface area (Å²) in [5.41, 5.74) is 9.28. The SMILES string of the molecule is Cc1cccnc1C(N)Cc1ccc(O)cc1. The predicted octanol–water partition coefficient (Wildman–Crippen LogP) is 2.34. The number of aryl methyl sites for hydroxylation is 1. The molecule has 0 aliphatic rings. The van der Waals surface area contributed by atoms with E-state index in [4.69, 9.17) is 5.73 Å². The van der Waals surface area contributed by atoms with Crippen molar-refractivity contribution in [2.24, 2.45) is 5.73 Å². The Morgan fingerprint density at radius 2 is 1.94 bits per heavy atom. The van der Waals surface area contributed by atoms with Crippen LogP contribution in [0.3, 0.4) is 0 Å². The van der Waals surface area contributed by atoms with Crippen molar-refractivity contribution in [2.45, 2.75) is 19.4 Å². The maximum absolute atomic E-state index is 9.21. The van der Waals surface area contributed by atoms with Gasteiger partial charge in [0.2, 0.25) is 0 Å². The summed E-state index contributed by atoms with van der Waals surface area (Å²) in [6, 6.07) is 10.9. The number of nitrogens with zero attached hydrogens (tertiary/aromatic N) is 1. The minimum atomic E-state index is -0.110. The molecule has 0 fully saturated rings. The molecule has 0 amide bonds. The van der Waals surface area contributed by atoms with Crippen molar-refractivity contribution in [1.82, 2.24) is 4.98 Å². The monoisotopic (exact) mass is 228 g/mol. The van der Waals surface area contributed by atoms with Crippen LogP contribution in [-0.4, -0.2) is 10.1 Å². The zero-order chi connectivity index (χ0) is 12.3. The van der Waals surface area contributed by atoms with E-state index in [0.717, 1.165) is 23.2 Å². The van der Waals surface area contributed by atoms with Gasteiger partial charge in [0, 0.05) is 6.20 Å². The summed E-state index contributed by atoms with van der Waals surface area (Å²) in [6.07, 6.45) is 2.48. The van der Waals surface area contributed by atoms with Crippen LogP contribution in [0.2, 0.25) is 0 Å². The molecular weight excluding hydrogens is 212 g/mol. The Morgan fingerprint density at radius 3 is 2.59 bits per heavy atom. The van der Waals surface area contributed by atoms with Gasteiger partial charge in [0.05, 0.1) is 11.7 Å². The van der Waals surface area contributed by atoms with Crippen molar-refractivity contribution in [3.63, 3.8) is 0 Å². The van der Waals surface area contributed by atoms with Crippen molar-refractivity contribution < 1.29 is 5.11 Å². The van der Waals surface area contributed by atoms with E-state index in [9.17, 15) is 5.11 Å². The molecular formula is C14H16N2O. The maximum Gasteiger partial charge on any atom is 0.115 e. The molecule has 17 heavy (non-hydrogen) atoms. The quantitative estimate of drug-likeness (QED) is 0.847. The van der Waals surface area contributed by atoms with Crippen LogP contribution >= 0.6 is 0 Å². The van der Waals surface area contributed by atoms with Gasteiger partial charge in [-0.25, -0.2) is 0 Å². The highest BCUT2D eigenvalue weighted by Crippen LogP contribution is 2.18. The largest absolute Gasteiger partial charge is 0.508 e. The average molecular weight is 228 g/mol. The van der Waals surface area contributed by atoms with Crippen LogP contribution in [-0.2, 0) is 6.42 Å². The molecule has 1 unspecified atom stereocenters. The third-order valence-corrected chi connectivity index (χ3v) is 2.79. The molecule has 0 radical (unpaired) electrons. The second kappa shape index (κ2) is 4.97. The van der Waals surface area contributed by atoms with Crippen LogP contribution in [0.15, 0.2) is 42.6 Å². The van der Waals surface area contributed by atoms with Crippen LogP contribution < -0.4 is 5.73 Å². The lowest BCUT2D eigenvalue weighted by Crippen LogP contribution is -2.16. The Morgan fingerprint density at radius 1 is 1.24 bits per heavy atom. The second-order valence-corrected chi connectivity index (χ2v) is 4.18. The molecule has 0 spiro atoms. The van der Waals surface area contributed by atoms with Gasteiger partial charge >= 0.3 is 0 Å². The third kappa shape index (κ3) is 2.82. The number of rotatable bonds is 3. The van der Waals surface area contributed by atoms with Gasteiger partial charge in [-0.3, -0.25) is 4.98 Å². The highest BCUT2D eigenvalue weighted by molar-refractivity contribution is 5.28. The van der Waals surface area contributed by atoms with Crippen LogP contribution in [0.25, 0.3) is 0 Å². The molecule has 0 aliphatic carbocycles. The van der Waals surface area contributed by atoms with E-state index in [2.05, 4.69) is 4.98 Å². The van der Waals surface area contributed by atoms with Crippen molar-refractivity contribution in [3.05, 3.63) is 59.4 Å². The number of hydrogen-bond acceptors (Lipinski definition) is 3. The second-order valence-electron chi connectivity index (χ2n) is 4.18. The lowest BCUT2D eigenvalue weighted by molar-refractivity contribution is 0.475. The van der Waals surface area contributed by atoms with E-state index in [1.54, 1.807) is 18.3 Å². The normalized spacial score (nSPS) is 12.4. The molecule has 2 aromatic rings. The molecule has 1 aromatic heterocycles. The molecule has 1 atom stereocenters. The maximum atomic E-state index is 9.21. The van der Waals surface area contributed by atoms with Crippen LogP contribution in [0.1, 0.15) is 22.9 Å². The summed E-state index contributed by atoms with van der Waals surface area (Å²) in [4.78, 5) is 4.32. The minimum Gasteiger partial charge on any atom is -0.508 e. The highest BCUT2D eigenvalue weighted by Gasteiger charge is 2.10. The highest BCUT2D eigenvalue weighted by atomic mass is 16.3. The Hall–Kier alpha value is -1.87. The molecule has 1 heterocycles. The topological polar surface area (TPSA) is 59.1 Å². The van der Waals surface area contributed by atoms with Crippen LogP contribution in [0.4, 0.5) is 0 Å². The first-order chi connectivity index (χ1) is 8.16. The molecule has 3 heteroatoms. The Balaban J connectivity index is 2.14. The average Bonchev–Trinajstić information content (AvgIpc) is 2.32. The van der Waals surface area contributed by atoms with Gasteiger partial charge < -0.3 is 10.8 Å². The first-order valence-corrected chi connectivity index (χ1v) is 5.62. The van der Waals surface area contributed by atoms with Gasteiger partial charge in [-0.15, -0.1) is 0 Å². The molecule has 0 bridgehead atoms. The Bertz CT molecular complexity index is 494. The zero-order valence-corrected chi connectivity index (χ0v) is 9.80. The predicted molar refractivity (Wildman–Crippen MR) is 67.7 cm³/mol. The minimum absolute atomic E-state index is 0.110. The standard InChI is InChI=1S/C14H16N2O/c1-10-3-2-8-16-14(10)13(15)9-11-4-6-12(17)7-5-11/h2-8,13,17H,9,15H2,1H3. The molecule has 3 N–H and O–H groups in total. The Kier molecular flexibility index (Phi) is 3.40. The smallest absolute Gasteiger partial charge is 0.115 e. The third-order valence-electron chi connectivity index (χ3n) is 2.79. The fourth-order valence-electron chi connectivity index (χ4n) is 1.87. The molecule has 0 saturated carbocycles. The first kappa shape index (κ1) is 11.6. The van der Waals surface area contributed by atoms with Crippen LogP contribution in [0, 0.1) is 6.92 Å². The number of aromatic nitrogens is 1. The summed E-state index contributed by atoms with van der Waals surface area (Å²) in [6.45, 7) is 2.01. The van der Waals surface area contributed by atoms with Crippen molar-refractivity contribution >= 4 is 0 Å². The summed E-state index contributed by atoms with van der Waals surface area (Å²) < 4.78 is 0. The van der Waals surface area contributed by atoms with Gasteiger partial charge in [-0.1, -0.05) is 18.2 Å². The lowest BCUT2D eigenvalue weighted by atomic mass is 10.0. The van der Waals surface area contributed by atoms with E-state index in [0.29, 0.717) is 0 Å². The van der Waals surface area contributed by atoms with Crippen LogP contribution in [0.5, 0.6) is 5.75 Å². The Labute approximate surface area is 101 Å². The van der Waals surface area contributed by atoms with E-state index >= 15 is 0 Å². The molecule has 2 rings (SSSR count). The van der Waals surface area contributed by atoms with Gasteiger partial charge in [-0.05, 0) is 42.7 Å². The number of phenols is 1. The number of aromatic hydroxyl groups is 1. The molecule has 3 nitrogen and oxygen atoms in total. The summed E-state index contributed by atoms with van der Waals surface area (Å²) >= 11 is 0. The number of hydrogen-bond donors (Lipinski definition) is 2. The number of phenolic OH excluding ortho intramolecular Hbond substituents is 1. The van der Waals surface area contributed by atoms with Gasteiger partial charge in [0.25, 0.3) is 0 Å². The number of benzene rings is 1.